The maximum Gasteiger partial charge on any atom is 0.324 e. The van der Waals surface area contributed by atoms with E-state index in [9.17, 15) is 4.79 Å². The second-order valence-electron chi connectivity index (χ2n) is 3.11. The van der Waals surface area contributed by atoms with Crippen molar-refractivity contribution in [3.05, 3.63) is 29.8 Å². The number of thiol groups is 1. The molecule has 0 bridgehead atoms. The second kappa shape index (κ2) is 5.05. The minimum atomic E-state index is -0.338. The van der Waals surface area contributed by atoms with E-state index in [4.69, 9.17) is 4.74 Å². The first-order valence-corrected chi connectivity index (χ1v) is 5.12. The van der Waals surface area contributed by atoms with Gasteiger partial charge in [-0.1, -0.05) is 25.1 Å². The van der Waals surface area contributed by atoms with E-state index in [0.717, 1.165) is 5.56 Å². The molecule has 0 radical (unpaired) electrons. The summed E-state index contributed by atoms with van der Waals surface area (Å²) < 4.78 is 5.18. The zero-order valence-electron chi connectivity index (χ0n) is 8.36. The maximum absolute atomic E-state index is 11.4. The summed E-state index contributed by atoms with van der Waals surface area (Å²) >= 11 is 4.11. The molecule has 1 aromatic carbocycles. The van der Waals surface area contributed by atoms with Crippen molar-refractivity contribution < 1.29 is 9.53 Å². The summed E-state index contributed by atoms with van der Waals surface area (Å²) in [4.78, 5) is 11.4. The Labute approximate surface area is 89.7 Å². The number of ether oxygens (including phenoxy) is 1. The van der Waals surface area contributed by atoms with Crippen LogP contribution in [0.15, 0.2) is 24.3 Å². The van der Waals surface area contributed by atoms with Crippen molar-refractivity contribution in [1.29, 1.82) is 0 Å². The van der Waals surface area contributed by atoms with E-state index in [0.29, 0.717) is 12.2 Å². The average Bonchev–Trinajstić information content (AvgIpc) is 2.20. The molecule has 1 unspecified atom stereocenters. The monoisotopic (exact) mass is 210 g/mol. The standard InChI is InChI=1S/C11H14O2S/c1-3-10(14)11(12)13-9-7-5-4-6-8(9)2/h4-7,10,14H,3H2,1-2H3. The van der Waals surface area contributed by atoms with Crippen LogP contribution < -0.4 is 4.74 Å². The van der Waals surface area contributed by atoms with Gasteiger partial charge in [0.05, 0.1) is 5.25 Å². The Balaban J connectivity index is 2.70. The van der Waals surface area contributed by atoms with Gasteiger partial charge in [-0.3, -0.25) is 4.79 Å². The molecule has 1 aromatic rings. The quantitative estimate of drug-likeness (QED) is 0.471. The van der Waals surface area contributed by atoms with Gasteiger partial charge in [0.1, 0.15) is 5.75 Å². The number of benzene rings is 1. The summed E-state index contributed by atoms with van der Waals surface area (Å²) in [6.07, 6.45) is 0.674. The van der Waals surface area contributed by atoms with Crippen LogP contribution in [0.3, 0.4) is 0 Å². The van der Waals surface area contributed by atoms with Gasteiger partial charge in [0.15, 0.2) is 0 Å². The molecular formula is C11H14O2S. The number of hydrogen-bond acceptors (Lipinski definition) is 3. The van der Waals surface area contributed by atoms with E-state index in [2.05, 4.69) is 12.6 Å². The molecule has 0 aliphatic rings. The van der Waals surface area contributed by atoms with Crippen molar-refractivity contribution >= 4 is 18.6 Å². The number of esters is 1. The molecule has 0 aliphatic carbocycles. The molecule has 0 saturated heterocycles. The highest BCUT2D eigenvalue weighted by atomic mass is 32.1. The highest BCUT2D eigenvalue weighted by Crippen LogP contribution is 2.17. The first-order valence-electron chi connectivity index (χ1n) is 4.60. The Morgan fingerprint density at radius 1 is 1.50 bits per heavy atom. The molecule has 0 aromatic heterocycles. The Kier molecular flexibility index (Phi) is 4.01. The first-order chi connectivity index (χ1) is 6.65. The fourth-order valence-corrected chi connectivity index (χ4v) is 1.07. The van der Waals surface area contributed by atoms with Crippen molar-refractivity contribution in [2.45, 2.75) is 25.5 Å². The van der Waals surface area contributed by atoms with E-state index in [-0.39, 0.29) is 11.2 Å². The van der Waals surface area contributed by atoms with Crippen molar-refractivity contribution in [1.82, 2.24) is 0 Å². The smallest absolute Gasteiger partial charge is 0.324 e. The van der Waals surface area contributed by atoms with Crippen LogP contribution >= 0.6 is 12.6 Å². The molecule has 76 valence electrons. The number of carbonyl (C=O) groups is 1. The largest absolute Gasteiger partial charge is 0.425 e. The summed E-state index contributed by atoms with van der Waals surface area (Å²) in [5.74, 6) is 0.329. The van der Waals surface area contributed by atoms with Crippen molar-refractivity contribution in [3.63, 3.8) is 0 Å². The van der Waals surface area contributed by atoms with Crippen LogP contribution in [0.25, 0.3) is 0 Å². The van der Waals surface area contributed by atoms with Gasteiger partial charge in [-0.25, -0.2) is 0 Å². The van der Waals surface area contributed by atoms with Gasteiger partial charge in [0.2, 0.25) is 0 Å². The Morgan fingerprint density at radius 2 is 2.14 bits per heavy atom. The van der Waals surface area contributed by atoms with Crippen LogP contribution in [-0.2, 0) is 4.79 Å². The van der Waals surface area contributed by atoms with E-state index < -0.39 is 0 Å². The van der Waals surface area contributed by atoms with Crippen molar-refractivity contribution in [2.24, 2.45) is 0 Å². The summed E-state index contributed by atoms with van der Waals surface area (Å²) in [5, 5.41) is -0.338. The molecule has 3 heteroatoms. The summed E-state index contributed by atoms with van der Waals surface area (Å²) in [5.41, 5.74) is 0.956. The number of rotatable bonds is 3. The van der Waals surface area contributed by atoms with E-state index >= 15 is 0 Å². The third-order valence-corrected chi connectivity index (χ3v) is 2.54. The lowest BCUT2D eigenvalue weighted by Crippen LogP contribution is -2.20. The Morgan fingerprint density at radius 3 is 2.71 bits per heavy atom. The predicted molar refractivity (Wildman–Crippen MR) is 59.9 cm³/mol. The molecular weight excluding hydrogens is 196 g/mol. The zero-order valence-corrected chi connectivity index (χ0v) is 9.25. The molecule has 0 spiro atoms. The molecule has 2 nitrogen and oxygen atoms in total. The number of hydrogen-bond donors (Lipinski definition) is 1. The number of para-hydroxylation sites is 1. The van der Waals surface area contributed by atoms with Gasteiger partial charge in [-0.05, 0) is 25.0 Å². The topological polar surface area (TPSA) is 26.3 Å². The minimum absolute atomic E-state index is 0.287. The fourth-order valence-electron chi connectivity index (χ4n) is 1.01. The molecule has 0 N–H and O–H groups in total. The normalized spacial score (nSPS) is 12.2. The van der Waals surface area contributed by atoms with E-state index in [1.54, 1.807) is 6.07 Å². The Bertz CT molecular complexity index is 323. The molecule has 0 saturated carbocycles. The molecule has 0 heterocycles. The molecule has 0 amide bonds. The average molecular weight is 210 g/mol. The molecule has 0 fully saturated rings. The van der Waals surface area contributed by atoms with Gasteiger partial charge < -0.3 is 4.74 Å². The zero-order chi connectivity index (χ0) is 10.6. The summed E-state index contributed by atoms with van der Waals surface area (Å²) in [6.45, 7) is 3.80. The van der Waals surface area contributed by atoms with Crippen LogP contribution in [0.4, 0.5) is 0 Å². The first kappa shape index (κ1) is 11.1. The van der Waals surface area contributed by atoms with Crippen LogP contribution in [0.2, 0.25) is 0 Å². The highest BCUT2D eigenvalue weighted by Gasteiger charge is 2.14. The van der Waals surface area contributed by atoms with Gasteiger partial charge in [0, 0.05) is 0 Å². The molecule has 1 atom stereocenters. The SMILES string of the molecule is CCC(S)C(=O)Oc1ccccc1C. The minimum Gasteiger partial charge on any atom is -0.425 e. The van der Waals surface area contributed by atoms with Crippen LogP contribution in [0.5, 0.6) is 5.75 Å². The Hall–Kier alpha value is -0.960. The van der Waals surface area contributed by atoms with E-state index in [1.165, 1.54) is 0 Å². The molecule has 0 aliphatic heterocycles. The molecule has 1 rings (SSSR count). The van der Waals surface area contributed by atoms with Crippen LogP contribution in [0, 0.1) is 6.92 Å². The third-order valence-electron chi connectivity index (χ3n) is 1.96. The van der Waals surface area contributed by atoms with Gasteiger partial charge in [-0.2, -0.15) is 12.6 Å². The number of aryl methyl sites for hydroxylation is 1. The fraction of sp³-hybridized carbons (Fsp3) is 0.364. The van der Waals surface area contributed by atoms with Crippen LogP contribution in [0.1, 0.15) is 18.9 Å². The van der Waals surface area contributed by atoms with Crippen molar-refractivity contribution in [3.8, 4) is 5.75 Å². The van der Waals surface area contributed by atoms with Gasteiger partial charge in [0.25, 0.3) is 0 Å². The second-order valence-corrected chi connectivity index (χ2v) is 3.73. The lowest BCUT2D eigenvalue weighted by Gasteiger charge is -2.09. The maximum atomic E-state index is 11.4. The predicted octanol–water partition coefficient (Wildman–Crippen LogP) is 2.61. The lowest BCUT2D eigenvalue weighted by atomic mass is 10.2. The van der Waals surface area contributed by atoms with Gasteiger partial charge >= 0.3 is 5.97 Å². The van der Waals surface area contributed by atoms with Gasteiger partial charge in [-0.15, -0.1) is 0 Å². The number of carbonyl (C=O) groups excluding carboxylic acids is 1. The third kappa shape index (κ3) is 2.77. The lowest BCUT2D eigenvalue weighted by molar-refractivity contribution is -0.133. The van der Waals surface area contributed by atoms with Crippen molar-refractivity contribution in [2.75, 3.05) is 0 Å². The van der Waals surface area contributed by atoms with E-state index in [1.807, 2.05) is 32.0 Å². The summed E-state index contributed by atoms with van der Waals surface area (Å²) in [7, 11) is 0. The summed E-state index contributed by atoms with van der Waals surface area (Å²) in [6, 6.07) is 7.44. The molecule has 14 heavy (non-hydrogen) atoms. The van der Waals surface area contributed by atoms with Crippen LogP contribution in [-0.4, -0.2) is 11.2 Å². The highest BCUT2D eigenvalue weighted by molar-refractivity contribution is 7.81.